The molecular weight excluding hydrogens is 485 g/mol. The van der Waals surface area contributed by atoms with E-state index in [1.165, 1.54) is 7.11 Å². The van der Waals surface area contributed by atoms with Gasteiger partial charge in [-0.15, -0.1) is 0 Å². The summed E-state index contributed by atoms with van der Waals surface area (Å²) >= 11 is 2.14. The number of hydrogen-bond donors (Lipinski definition) is 2. The number of aliphatic hydroxyl groups excluding tert-OH is 1. The second kappa shape index (κ2) is 11.6. The van der Waals surface area contributed by atoms with Crippen molar-refractivity contribution in [3.05, 3.63) is 80.9 Å². The van der Waals surface area contributed by atoms with Gasteiger partial charge in [-0.05, 0) is 51.8 Å². The smallest absolute Gasteiger partial charge is 0.408 e. The molecule has 0 fully saturated rings. The van der Waals surface area contributed by atoms with Crippen LogP contribution >= 0.6 is 22.6 Å². The molecule has 2 atom stereocenters. The predicted molar refractivity (Wildman–Crippen MR) is 119 cm³/mol. The van der Waals surface area contributed by atoms with E-state index in [0.29, 0.717) is 5.56 Å². The fraction of sp³-hybridized carbons (Fsp3) is 0.273. The minimum atomic E-state index is -0.560. The van der Waals surface area contributed by atoms with Crippen molar-refractivity contribution in [3.63, 3.8) is 0 Å². The maximum atomic E-state index is 12.4. The van der Waals surface area contributed by atoms with Gasteiger partial charge in [0.1, 0.15) is 6.61 Å². The molecule has 2 N–H and O–H groups in total. The fourth-order valence-corrected chi connectivity index (χ4v) is 3.67. The molecule has 0 spiro atoms. The Bertz CT molecular complexity index is 836. The largest absolute Gasteiger partial charge is 0.465 e. The Morgan fingerprint density at radius 1 is 1.14 bits per heavy atom. The maximum absolute atomic E-state index is 12.4. The molecule has 0 heterocycles. The molecule has 2 aromatic carbocycles. The topological polar surface area (TPSA) is 84.9 Å². The highest BCUT2D eigenvalue weighted by molar-refractivity contribution is 14.1. The lowest BCUT2D eigenvalue weighted by Crippen LogP contribution is -2.29. The first-order chi connectivity index (χ1) is 13.9. The SMILES string of the molecule is COC(=O)c1ccc(C(NC(=O)OCc2ccccc2)/C(I)=C/[C@@H](C)CO)cc1. The van der Waals surface area contributed by atoms with Crippen LogP contribution < -0.4 is 5.32 Å². The lowest BCUT2D eigenvalue weighted by molar-refractivity contribution is 0.0600. The number of nitrogens with one attached hydrogen (secondary N) is 1. The molecule has 154 valence electrons. The van der Waals surface area contributed by atoms with E-state index in [2.05, 4.69) is 27.9 Å². The first-order valence-electron chi connectivity index (χ1n) is 9.08. The van der Waals surface area contributed by atoms with Crippen LogP contribution in [0.1, 0.15) is 34.5 Å². The third kappa shape index (κ3) is 7.17. The number of methoxy groups -OCH3 is 1. The van der Waals surface area contributed by atoms with Crippen LogP contribution in [-0.4, -0.2) is 30.9 Å². The average Bonchev–Trinajstić information content (AvgIpc) is 2.76. The summed E-state index contributed by atoms with van der Waals surface area (Å²) in [6.07, 6.45) is 1.33. The van der Waals surface area contributed by atoms with E-state index in [1.807, 2.05) is 43.3 Å². The first-order valence-corrected chi connectivity index (χ1v) is 10.2. The van der Waals surface area contributed by atoms with Crippen LogP contribution in [-0.2, 0) is 16.1 Å². The number of rotatable bonds is 8. The van der Waals surface area contributed by atoms with Gasteiger partial charge in [-0.3, -0.25) is 0 Å². The molecule has 0 aliphatic rings. The molecule has 2 aromatic rings. The minimum Gasteiger partial charge on any atom is -0.465 e. The predicted octanol–water partition coefficient (Wildman–Crippen LogP) is 4.39. The van der Waals surface area contributed by atoms with Gasteiger partial charge in [0.2, 0.25) is 0 Å². The molecule has 6 nitrogen and oxygen atoms in total. The number of esters is 1. The lowest BCUT2D eigenvalue weighted by atomic mass is 10.0. The van der Waals surface area contributed by atoms with Crippen molar-refractivity contribution in [1.82, 2.24) is 5.32 Å². The van der Waals surface area contributed by atoms with Crippen LogP contribution in [0.3, 0.4) is 0 Å². The summed E-state index contributed by atoms with van der Waals surface area (Å²) in [6, 6.07) is 15.7. The van der Waals surface area contributed by atoms with Crippen LogP contribution in [0.2, 0.25) is 0 Å². The van der Waals surface area contributed by atoms with Crippen LogP contribution in [0, 0.1) is 5.92 Å². The maximum Gasteiger partial charge on any atom is 0.408 e. The van der Waals surface area contributed by atoms with E-state index in [1.54, 1.807) is 24.3 Å². The number of carbonyl (C=O) groups excluding carboxylic acids is 2. The minimum absolute atomic E-state index is 0.00104. The van der Waals surface area contributed by atoms with Gasteiger partial charge in [0.25, 0.3) is 0 Å². The Balaban J connectivity index is 2.17. The van der Waals surface area contributed by atoms with Crippen molar-refractivity contribution >= 4 is 34.7 Å². The standard InChI is InChI=1S/C22H24INO5/c1-15(13-25)12-19(23)20(17-8-10-18(11-9-17)21(26)28-2)24-22(27)29-14-16-6-4-3-5-7-16/h3-12,15,20,25H,13-14H2,1-2H3,(H,24,27)/b19-12-/t15-,20?/m1/s1. The summed E-state index contributed by atoms with van der Waals surface area (Å²) < 4.78 is 10.9. The molecule has 29 heavy (non-hydrogen) atoms. The van der Waals surface area contributed by atoms with E-state index in [4.69, 9.17) is 9.47 Å². The van der Waals surface area contributed by atoms with E-state index in [9.17, 15) is 14.7 Å². The summed E-state index contributed by atoms with van der Waals surface area (Å²) in [5.74, 6) is -0.497. The lowest BCUT2D eigenvalue weighted by Gasteiger charge is -2.20. The molecule has 1 unspecified atom stereocenters. The van der Waals surface area contributed by atoms with E-state index in [0.717, 1.165) is 14.7 Å². The monoisotopic (exact) mass is 509 g/mol. The first kappa shape index (κ1) is 22.9. The Morgan fingerprint density at radius 3 is 2.38 bits per heavy atom. The zero-order valence-electron chi connectivity index (χ0n) is 16.3. The molecule has 0 bridgehead atoms. The van der Waals surface area contributed by atoms with Gasteiger partial charge < -0.3 is 19.9 Å². The molecule has 7 heteroatoms. The molecule has 0 radical (unpaired) electrons. The Labute approximate surface area is 184 Å². The Morgan fingerprint density at radius 2 is 1.79 bits per heavy atom. The zero-order chi connectivity index (χ0) is 21.2. The van der Waals surface area contributed by atoms with Crippen molar-refractivity contribution in [2.45, 2.75) is 19.6 Å². The number of amides is 1. The molecule has 0 aliphatic heterocycles. The van der Waals surface area contributed by atoms with E-state index in [-0.39, 0.29) is 19.1 Å². The van der Waals surface area contributed by atoms with Gasteiger partial charge in [-0.25, -0.2) is 9.59 Å². The quantitative estimate of drug-likeness (QED) is 0.408. The van der Waals surface area contributed by atoms with Gasteiger partial charge >= 0.3 is 12.1 Å². The number of ether oxygens (including phenoxy) is 2. The Hall–Kier alpha value is -2.39. The number of aliphatic hydroxyl groups is 1. The molecule has 1 amide bonds. The summed E-state index contributed by atoms with van der Waals surface area (Å²) in [5, 5.41) is 12.2. The summed E-state index contributed by atoms with van der Waals surface area (Å²) in [7, 11) is 1.32. The van der Waals surface area contributed by atoms with Crippen LogP contribution in [0.4, 0.5) is 4.79 Å². The number of carbonyl (C=O) groups is 2. The summed E-state index contributed by atoms with van der Waals surface area (Å²) in [4.78, 5) is 24.1. The summed E-state index contributed by atoms with van der Waals surface area (Å²) in [5.41, 5.74) is 2.09. The highest BCUT2D eigenvalue weighted by Gasteiger charge is 2.20. The number of hydrogen-bond acceptors (Lipinski definition) is 5. The van der Waals surface area contributed by atoms with Crippen molar-refractivity contribution in [2.75, 3.05) is 13.7 Å². The van der Waals surface area contributed by atoms with Gasteiger partial charge in [-0.2, -0.15) is 0 Å². The second-order valence-corrected chi connectivity index (χ2v) is 7.71. The van der Waals surface area contributed by atoms with Gasteiger partial charge in [0.15, 0.2) is 0 Å². The second-order valence-electron chi connectivity index (χ2n) is 6.46. The normalized spacial score (nSPS) is 13.3. The highest BCUT2D eigenvalue weighted by atomic mass is 127. The van der Waals surface area contributed by atoms with Crippen molar-refractivity contribution < 1.29 is 24.2 Å². The molecular formula is C22H24INO5. The zero-order valence-corrected chi connectivity index (χ0v) is 18.5. The third-order valence-corrected chi connectivity index (χ3v) is 5.13. The van der Waals surface area contributed by atoms with Crippen molar-refractivity contribution in [1.29, 1.82) is 0 Å². The van der Waals surface area contributed by atoms with E-state index < -0.39 is 18.1 Å². The Kier molecular flexibility index (Phi) is 9.14. The van der Waals surface area contributed by atoms with Crippen molar-refractivity contribution in [2.24, 2.45) is 5.92 Å². The summed E-state index contributed by atoms with van der Waals surface area (Å²) in [6.45, 7) is 2.04. The molecule has 0 saturated heterocycles. The van der Waals surface area contributed by atoms with Crippen LogP contribution in [0.25, 0.3) is 0 Å². The van der Waals surface area contributed by atoms with Crippen molar-refractivity contribution in [3.8, 4) is 0 Å². The number of alkyl carbamates (subject to hydrolysis) is 1. The number of halogens is 1. The third-order valence-electron chi connectivity index (χ3n) is 4.15. The molecule has 0 saturated carbocycles. The average molecular weight is 509 g/mol. The molecule has 2 rings (SSSR count). The molecule has 0 aliphatic carbocycles. The fourth-order valence-electron chi connectivity index (χ4n) is 2.54. The van der Waals surface area contributed by atoms with E-state index >= 15 is 0 Å². The van der Waals surface area contributed by atoms with Gasteiger partial charge in [-0.1, -0.05) is 55.5 Å². The van der Waals surface area contributed by atoms with Crippen LogP contribution in [0.15, 0.2) is 64.3 Å². The highest BCUT2D eigenvalue weighted by Crippen LogP contribution is 2.29. The number of benzene rings is 2. The van der Waals surface area contributed by atoms with Crippen LogP contribution in [0.5, 0.6) is 0 Å². The van der Waals surface area contributed by atoms with Gasteiger partial charge in [0.05, 0.1) is 18.7 Å². The molecule has 0 aromatic heterocycles. The van der Waals surface area contributed by atoms with Gasteiger partial charge in [0, 0.05) is 10.2 Å².